The molecule has 0 N–H and O–H groups in total. The third-order valence-corrected chi connectivity index (χ3v) is 3.48. The van der Waals surface area contributed by atoms with Gasteiger partial charge >= 0.3 is 0 Å². The highest BCUT2D eigenvalue weighted by Crippen LogP contribution is 2.26. The van der Waals surface area contributed by atoms with Gasteiger partial charge in [0, 0.05) is 16.4 Å². The van der Waals surface area contributed by atoms with Gasteiger partial charge in [0.05, 0.1) is 5.69 Å². The van der Waals surface area contributed by atoms with Crippen LogP contribution < -0.4 is 0 Å². The largest absolute Gasteiger partial charge is 0.314 e. The molecular weight excluding hydrogens is 254 g/mol. The Labute approximate surface area is 118 Å². The van der Waals surface area contributed by atoms with E-state index in [0.717, 1.165) is 10.7 Å². The van der Waals surface area contributed by atoms with Gasteiger partial charge in [-0.3, -0.25) is 0 Å². The zero-order valence-corrected chi connectivity index (χ0v) is 11.4. The second kappa shape index (κ2) is 4.94. The van der Waals surface area contributed by atoms with Crippen LogP contribution in [0, 0.1) is 6.92 Å². The van der Waals surface area contributed by atoms with E-state index in [1.54, 1.807) is 0 Å². The Kier molecular flexibility index (Phi) is 3.14. The van der Waals surface area contributed by atoms with Crippen molar-refractivity contribution in [3.63, 3.8) is 0 Å². The fraction of sp³-hybridized carbons (Fsp3) is 0.0588. The van der Waals surface area contributed by atoms with Gasteiger partial charge in [-0.2, -0.15) is 0 Å². The number of hydrogen-bond donors (Lipinski definition) is 0. The maximum Gasteiger partial charge on any atom is 0.0531 e. The third kappa shape index (κ3) is 2.29. The number of rotatable bonds is 2. The van der Waals surface area contributed by atoms with Gasteiger partial charge in [-0.05, 0) is 48.9 Å². The predicted molar refractivity (Wildman–Crippen MR) is 81.0 cm³/mol. The van der Waals surface area contributed by atoms with Gasteiger partial charge in [0.15, 0.2) is 0 Å². The van der Waals surface area contributed by atoms with Crippen molar-refractivity contribution in [1.29, 1.82) is 0 Å². The van der Waals surface area contributed by atoms with Gasteiger partial charge in [-0.1, -0.05) is 41.9 Å². The zero-order valence-electron chi connectivity index (χ0n) is 10.7. The number of nitrogens with zero attached hydrogens (tertiary/aromatic N) is 1. The average molecular weight is 268 g/mol. The van der Waals surface area contributed by atoms with E-state index in [-0.39, 0.29) is 0 Å². The van der Waals surface area contributed by atoms with E-state index in [0.29, 0.717) is 0 Å². The molecule has 94 valence electrons. The summed E-state index contributed by atoms with van der Waals surface area (Å²) in [5.74, 6) is 0. The van der Waals surface area contributed by atoms with Gasteiger partial charge in [0.1, 0.15) is 0 Å². The van der Waals surface area contributed by atoms with Crippen molar-refractivity contribution < 1.29 is 0 Å². The Morgan fingerprint density at radius 2 is 1.47 bits per heavy atom. The smallest absolute Gasteiger partial charge is 0.0531 e. The molecule has 19 heavy (non-hydrogen) atoms. The number of hydrogen-bond acceptors (Lipinski definition) is 0. The topological polar surface area (TPSA) is 4.93 Å². The van der Waals surface area contributed by atoms with Gasteiger partial charge in [0.25, 0.3) is 0 Å². The predicted octanol–water partition coefficient (Wildman–Crippen LogP) is 5.11. The minimum absolute atomic E-state index is 0.759. The average Bonchev–Trinajstić information content (AvgIpc) is 2.83. The highest BCUT2D eigenvalue weighted by molar-refractivity contribution is 6.30. The molecule has 1 heterocycles. The Morgan fingerprint density at radius 3 is 2.16 bits per heavy atom. The van der Waals surface area contributed by atoms with Crippen molar-refractivity contribution in [3.8, 4) is 16.9 Å². The molecule has 0 aliphatic carbocycles. The Morgan fingerprint density at radius 1 is 0.789 bits per heavy atom. The first kappa shape index (κ1) is 12.1. The van der Waals surface area contributed by atoms with Crippen molar-refractivity contribution in [2.45, 2.75) is 6.92 Å². The zero-order chi connectivity index (χ0) is 13.2. The van der Waals surface area contributed by atoms with Crippen molar-refractivity contribution in [2.75, 3.05) is 0 Å². The Hall–Kier alpha value is -1.99. The first-order chi connectivity index (χ1) is 9.25. The maximum absolute atomic E-state index is 5.96. The Balaban J connectivity index is 2.17. The quantitative estimate of drug-likeness (QED) is 0.608. The lowest BCUT2D eigenvalue weighted by Gasteiger charge is -2.12. The van der Waals surface area contributed by atoms with Gasteiger partial charge in [-0.15, -0.1) is 0 Å². The van der Waals surface area contributed by atoms with Crippen LogP contribution in [0.3, 0.4) is 0 Å². The molecule has 0 aliphatic rings. The summed E-state index contributed by atoms with van der Waals surface area (Å²) in [5.41, 5.74) is 4.75. The first-order valence-electron chi connectivity index (χ1n) is 6.25. The molecule has 0 unspecified atom stereocenters. The van der Waals surface area contributed by atoms with Crippen LogP contribution in [0.1, 0.15) is 5.69 Å². The van der Waals surface area contributed by atoms with Gasteiger partial charge in [-0.25, -0.2) is 0 Å². The van der Waals surface area contributed by atoms with Gasteiger partial charge < -0.3 is 4.57 Å². The minimum Gasteiger partial charge on any atom is -0.314 e. The highest BCUT2D eigenvalue weighted by atomic mass is 35.5. The summed E-state index contributed by atoms with van der Waals surface area (Å²) in [6.45, 7) is 2.11. The molecule has 0 bridgehead atoms. The normalized spacial score (nSPS) is 10.6. The lowest BCUT2D eigenvalue weighted by Crippen LogP contribution is -1.98. The highest BCUT2D eigenvalue weighted by Gasteiger charge is 2.08. The first-order valence-corrected chi connectivity index (χ1v) is 6.63. The SMILES string of the molecule is Cc1ccc(-c2ccccc2)n1-c1ccc(Cl)cc1. The minimum atomic E-state index is 0.759. The summed E-state index contributed by atoms with van der Waals surface area (Å²) in [7, 11) is 0. The molecule has 0 radical (unpaired) electrons. The molecule has 1 aromatic heterocycles. The van der Waals surface area contributed by atoms with E-state index in [1.165, 1.54) is 17.0 Å². The summed E-state index contributed by atoms with van der Waals surface area (Å²) >= 11 is 5.96. The lowest BCUT2D eigenvalue weighted by atomic mass is 10.1. The van der Waals surface area contributed by atoms with E-state index >= 15 is 0 Å². The van der Waals surface area contributed by atoms with Crippen LogP contribution in [0.5, 0.6) is 0 Å². The molecule has 1 nitrogen and oxygen atoms in total. The van der Waals surface area contributed by atoms with E-state index in [1.807, 2.05) is 30.3 Å². The molecule has 0 aliphatic heterocycles. The van der Waals surface area contributed by atoms with Crippen LogP contribution in [0.15, 0.2) is 66.7 Å². The molecule has 2 aromatic carbocycles. The van der Waals surface area contributed by atoms with Crippen LogP contribution >= 0.6 is 11.6 Å². The number of aryl methyl sites for hydroxylation is 1. The molecule has 3 aromatic rings. The van der Waals surface area contributed by atoms with E-state index in [4.69, 9.17) is 11.6 Å². The van der Waals surface area contributed by atoms with E-state index in [2.05, 4.69) is 47.9 Å². The summed E-state index contributed by atoms with van der Waals surface area (Å²) in [6.07, 6.45) is 0. The molecule has 0 spiro atoms. The fourth-order valence-electron chi connectivity index (χ4n) is 2.31. The lowest BCUT2D eigenvalue weighted by molar-refractivity contribution is 1.02. The van der Waals surface area contributed by atoms with Gasteiger partial charge in [0.2, 0.25) is 0 Å². The second-order valence-corrected chi connectivity index (χ2v) is 4.97. The Bertz CT molecular complexity index is 681. The monoisotopic (exact) mass is 267 g/mol. The van der Waals surface area contributed by atoms with Crippen LogP contribution in [0.4, 0.5) is 0 Å². The second-order valence-electron chi connectivity index (χ2n) is 4.54. The molecule has 0 saturated carbocycles. The summed E-state index contributed by atoms with van der Waals surface area (Å²) in [5, 5.41) is 0.759. The fourth-order valence-corrected chi connectivity index (χ4v) is 2.43. The van der Waals surface area contributed by atoms with Crippen molar-refractivity contribution >= 4 is 11.6 Å². The molecule has 0 fully saturated rings. The van der Waals surface area contributed by atoms with Crippen LogP contribution in [0.2, 0.25) is 5.02 Å². The van der Waals surface area contributed by atoms with Crippen molar-refractivity contribution in [2.24, 2.45) is 0 Å². The van der Waals surface area contributed by atoms with Crippen molar-refractivity contribution in [1.82, 2.24) is 4.57 Å². The maximum atomic E-state index is 5.96. The summed E-state index contributed by atoms with van der Waals surface area (Å²) in [4.78, 5) is 0. The summed E-state index contributed by atoms with van der Waals surface area (Å²) in [6, 6.07) is 22.6. The van der Waals surface area contributed by atoms with Crippen LogP contribution in [0.25, 0.3) is 16.9 Å². The number of halogens is 1. The van der Waals surface area contributed by atoms with E-state index < -0.39 is 0 Å². The van der Waals surface area contributed by atoms with E-state index in [9.17, 15) is 0 Å². The van der Waals surface area contributed by atoms with Crippen molar-refractivity contribution in [3.05, 3.63) is 77.4 Å². The molecule has 3 rings (SSSR count). The van der Waals surface area contributed by atoms with Crippen LogP contribution in [-0.2, 0) is 0 Å². The number of aromatic nitrogens is 1. The molecule has 0 atom stereocenters. The number of benzene rings is 2. The molecule has 0 amide bonds. The molecule has 2 heteroatoms. The molecular formula is C17H14ClN. The summed E-state index contributed by atoms with van der Waals surface area (Å²) < 4.78 is 2.24. The third-order valence-electron chi connectivity index (χ3n) is 3.23. The van der Waals surface area contributed by atoms with Crippen LogP contribution in [-0.4, -0.2) is 4.57 Å². The standard InChI is InChI=1S/C17H14ClN/c1-13-7-12-17(14-5-3-2-4-6-14)19(13)16-10-8-15(18)9-11-16/h2-12H,1H3. The molecule has 0 saturated heterocycles.